The van der Waals surface area contributed by atoms with Gasteiger partial charge in [-0.2, -0.15) is 0 Å². The standard InChI is InChI=1S/C14H10ClFN4O/c1-21-13-8(16)3-2-4-10(13)19-14-12-9(17-7-18-14)5-6-11(15)20-12/h2-7H,1H3,(H,17,18,19). The van der Waals surface area contributed by atoms with Gasteiger partial charge in [0.05, 0.1) is 18.3 Å². The first kappa shape index (κ1) is 13.5. The first-order chi connectivity index (χ1) is 10.2. The molecule has 0 radical (unpaired) electrons. The number of hydrogen-bond donors (Lipinski definition) is 1. The molecule has 5 nitrogen and oxygen atoms in total. The van der Waals surface area contributed by atoms with Gasteiger partial charge in [0.25, 0.3) is 0 Å². The minimum atomic E-state index is -0.466. The number of methoxy groups -OCH3 is 1. The van der Waals surface area contributed by atoms with Crippen LogP contribution in [-0.4, -0.2) is 22.1 Å². The van der Waals surface area contributed by atoms with E-state index in [2.05, 4.69) is 20.3 Å². The Labute approximate surface area is 124 Å². The molecule has 0 spiro atoms. The molecule has 2 heterocycles. The molecule has 21 heavy (non-hydrogen) atoms. The van der Waals surface area contributed by atoms with Crippen LogP contribution in [0.15, 0.2) is 36.7 Å². The third-order valence-corrected chi connectivity index (χ3v) is 3.08. The fourth-order valence-electron chi connectivity index (χ4n) is 1.95. The van der Waals surface area contributed by atoms with Gasteiger partial charge in [-0.25, -0.2) is 19.3 Å². The van der Waals surface area contributed by atoms with E-state index in [9.17, 15) is 4.39 Å². The summed E-state index contributed by atoms with van der Waals surface area (Å²) in [5.74, 6) is 0.0598. The SMILES string of the molecule is COc1c(F)cccc1Nc1ncnc2ccc(Cl)nc12. The maximum absolute atomic E-state index is 13.7. The first-order valence-corrected chi connectivity index (χ1v) is 6.43. The lowest BCUT2D eigenvalue weighted by Crippen LogP contribution is -2.00. The van der Waals surface area contributed by atoms with E-state index in [1.807, 2.05) is 0 Å². The van der Waals surface area contributed by atoms with Gasteiger partial charge >= 0.3 is 0 Å². The third-order valence-electron chi connectivity index (χ3n) is 2.87. The Morgan fingerprint density at radius 2 is 2.05 bits per heavy atom. The summed E-state index contributed by atoms with van der Waals surface area (Å²) in [5, 5.41) is 3.32. The van der Waals surface area contributed by atoms with Crippen molar-refractivity contribution in [3.05, 3.63) is 47.6 Å². The first-order valence-electron chi connectivity index (χ1n) is 6.06. The Morgan fingerprint density at radius 1 is 1.19 bits per heavy atom. The van der Waals surface area contributed by atoms with Crippen molar-refractivity contribution in [3.8, 4) is 5.75 Å². The van der Waals surface area contributed by atoms with E-state index in [1.54, 1.807) is 24.3 Å². The van der Waals surface area contributed by atoms with E-state index in [-0.39, 0.29) is 5.75 Å². The van der Waals surface area contributed by atoms with E-state index in [4.69, 9.17) is 16.3 Å². The number of nitrogens with zero attached hydrogens (tertiary/aromatic N) is 3. The number of aromatic nitrogens is 3. The lowest BCUT2D eigenvalue weighted by atomic mass is 10.2. The summed E-state index contributed by atoms with van der Waals surface area (Å²) in [6, 6.07) is 7.95. The summed E-state index contributed by atoms with van der Waals surface area (Å²) in [6.45, 7) is 0. The van der Waals surface area contributed by atoms with Crippen LogP contribution in [0.4, 0.5) is 15.9 Å². The van der Waals surface area contributed by atoms with Gasteiger partial charge in [0.2, 0.25) is 0 Å². The van der Waals surface area contributed by atoms with Crippen molar-refractivity contribution in [3.63, 3.8) is 0 Å². The molecule has 0 unspecified atom stereocenters. The molecule has 0 saturated carbocycles. The van der Waals surface area contributed by atoms with E-state index >= 15 is 0 Å². The smallest absolute Gasteiger partial charge is 0.178 e. The predicted molar refractivity (Wildman–Crippen MR) is 78.6 cm³/mol. The van der Waals surface area contributed by atoms with Crippen LogP contribution < -0.4 is 10.1 Å². The van der Waals surface area contributed by atoms with Gasteiger partial charge < -0.3 is 10.1 Å². The Hall–Kier alpha value is -2.47. The summed E-state index contributed by atoms with van der Waals surface area (Å²) in [6.07, 6.45) is 1.39. The van der Waals surface area contributed by atoms with E-state index in [1.165, 1.54) is 19.5 Å². The van der Waals surface area contributed by atoms with Crippen LogP contribution in [-0.2, 0) is 0 Å². The largest absolute Gasteiger partial charge is 0.492 e. The lowest BCUT2D eigenvalue weighted by molar-refractivity contribution is 0.388. The zero-order valence-electron chi connectivity index (χ0n) is 11.0. The second-order valence-electron chi connectivity index (χ2n) is 4.17. The number of para-hydroxylation sites is 1. The number of halogens is 2. The van der Waals surface area contributed by atoms with Crippen LogP contribution in [0.1, 0.15) is 0 Å². The molecule has 106 valence electrons. The highest BCUT2D eigenvalue weighted by atomic mass is 35.5. The van der Waals surface area contributed by atoms with Crippen molar-refractivity contribution in [2.75, 3.05) is 12.4 Å². The number of pyridine rings is 1. The van der Waals surface area contributed by atoms with Crippen molar-refractivity contribution in [2.24, 2.45) is 0 Å². The Morgan fingerprint density at radius 3 is 2.86 bits per heavy atom. The molecule has 0 aliphatic rings. The molecule has 0 fully saturated rings. The number of rotatable bonds is 3. The van der Waals surface area contributed by atoms with Gasteiger partial charge in [-0.3, -0.25) is 0 Å². The van der Waals surface area contributed by atoms with Crippen molar-refractivity contribution < 1.29 is 9.13 Å². The van der Waals surface area contributed by atoms with E-state index in [0.29, 0.717) is 27.7 Å². The van der Waals surface area contributed by atoms with Crippen LogP contribution in [0, 0.1) is 5.82 Å². The molecule has 2 aromatic heterocycles. The van der Waals surface area contributed by atoms with Crippen molar-refractivity contribution >= 4 is 34.1 Å². The molecule has 1 N–H and O–H groups in total. The normalized spacial score (nSPS) is 10.6. The molecule has 7 heteroatoms. The number of benzene rings is 1. The molecule has 1 aromatic carbocycles. The van der Waals surface area contributed by atoms with Crippen LogP contribution in [0.3, 0.4) is 0 Å². The van der Waals surface area contributed by atoms with E-state index in [0.717, 1.165) is 0 Å². The minimum absolute atomic E-state index is 0.103. The van der Waals surface area contributed by atoms with Gasteiger partial charge in [0.1, 0.15) is 17.0 Å². The average molecular weight is 305 g/mol. The highest BCUT2D eigenvalue weighted by Gasteiger charge is 2.12. The van der Waals surface area contributed by atoms with Gasteiger partial charge in [-0.15, -0.1) is 0 Å². The van der Waals surface area contributed by atoms with Crippen LogP contribution >= 0.6 is 11.6 Å². The predicted octanol–water partition coefficient (Wildman–Crippen LogP) is 3.57. The Bertz CT molecular complexity index is 812. The molecular weight excluding hydrogens is 295 g/mol. The number of anilines is 2. The molecular formula is C14H10ClFN4O. The maximum atomic E-state index is 13.7. The second kappa shape index (κ2) is 5.49. The van der Waals surface area contributed by atoms with Crippen molar-refractivity contribution in [1.29, 1.82) is 0 Å². The highest BCUT2D eigenvalue weighted by molar-refractivity contribution is 6.29. The van der Waals surface area contributed by atoms with Gasteiger partial charge in [-0.1, -0.05) is 17.7 Å². The summed E-state index contributed by atoms with van der Waals surface area (Å²) in [7, 11) is 1.40. The lowest BCUT2D eigenvalue weighted by Gasteiger charge is -2.12. The monoisotopic (exact) mass is 304 g/mol. The van der Waals surface area contributed by atoms with Crippen molar-refractivity contribution in [2.45, 2.75) is 0 Å². The van der Waals surface area contributed by atoms with Gasteiger partial charge in [-0.05, 0) is 24.3 Å². The van der Waals surface area contributed by atoms with Crippen LogP contribution in [0.25, 0.3) is 11.0 Å². The Kier molecular flexibility index (Phi) is 3.53. The highest BCUT2D eigenvalue weighted by Crippen LogP contribution is 2.31. The van der Waals surface area contributed by atoms with E-state index < -0.39 is 5.82 Å². The maximum Gasteiger partial charge on any atom is 0.178 e. The summed E-state index contributed by atoms with van der Waals surface area (Å²) in [4.78, 5) is 12.4. The third kappa shape index (κ3) is 2.57. The number of hydrogen-bond acceptors (Lipinski definition) is 5. The van der Waals surface area contributed by atoms with Gasteiger partial charge in [0.15, 0.2) is 17.4 Å². The fourth-order valence-corrected chi connectivity index (χ4v) is 2.10. The van der Waals surface area contributed by atoms with Crippen molar-refractivity contribution in [1.82, 2.24) is 15.0 Å². The fraction of sp³-hybridized carbons (Fsp3) is 0.0714. The molecule has 0 aliphatic heterocycles. The summed E-state index contributed by atoms with van der Waals surface area (Å²) < 4.78 is 18.8. The number of ether oxygens (including phenoxy) is 1. The Balaban J connectivity index is 2.10. The molecule has 3 rings (SSSR count). The summed E-state index contributed by atoms with van der Waals surface area (Å²) in [5.41, 5.74) is 1.57. The molecule has 0 amide bonds. The molecule has 0 saturated heterocycles. The summed E-state index contributed by atoms with van der Waals surface area (Å²) >= 11 is 5.90. The number of fused-ring (bicyclic) bond motifs is 1. The molecule has 0 aliphatic carbocycles. The molecule has 3 aromatic rings. The van der Waals surface area contributed by atoms with Crippen LogP contribution in [0.5, 0.6) is 5.75 Å². The number of nitrogens with one attached hydrogen (secondary N) is 1. The zero-order chi connectivity index (χ0) is 14.8. The molecule has 0 bridgehead atoms. The zero-order valence-corrected chi connectivity index (χ0v) is 11.7. The van der Waals surface area contributed by atoms with Gasteiger partial charge in [0, 0.05) is 0 Å². The quantitative estimate of drug-likeness (QED) is 0.750. The topological polar surface area (TPSA) is 59.9 Å². The second-order valence-corrected chi connectivity index (χ2v) is 4.56. The molecule has 0 atom stereocenters. The van der Waals surface area contributed by atoms with Crippen LogP contribution in [0.2, 0.25) is 5.15 Å². The average Bonchev–Trinajstić information content (AvgIpc) is 2.48. The minimum Gasteiger partial charge on any atom is -0.492 e.